The number of anilines is 1. The van der Waals surface area contributed by atoms with Crippen molar-refractivity contribution < 1.29 is 9.90 Å². The summed E-state index contributed by atoms with van der Waals surface area (Å²) in [6.45, 7) is 3.13. The molecule has 2 N–H and O–H groups in total. The fourth-order valence-corrected chi connectivity index (χ4v) is 0.738. The number of carboxylic acids is 1. The maximum absolute atomic E-state index is 10.7. The molecule has 0 aliphatic rings. The number of carboxylic acid groups (broad SMARTS) is 1. The third kappa shape index (κ3) is 2.40. The van der Waals surface area contributed by atoms with E-state index in [2.05, 4.69) is 15.3 Å². The zero-order valence-electron chi connectivity index (χ0n) is 7.48. The van der Waals surface area contributed by atoms with Crippen molar-refractivity contribution in [2.45, 2.75) is 19.4 Å². The molecule has 0 amide bonds. The number of rotatable bonds is 3. The van der Waals surface area contributed by atoms with Gasteiger partial charge in [0.15, 0.2) is 0 Å². The van der Waals surface area contributed by atoms with Crippen LogP contribution in [0.25, 0.3) is 0 Å². The SMILES string of the molecule is CC(C)(Nc1ccncn1)C(=O)O. The summed E-state index contributed by atoms with van der Waals surface area (Å²) in [5, 5.41) is 11.6. The van der Waals surface area contributed by atoms with E-state index in [9.17, 15) is 4.79 Å². The van der Waals surface area contributed by atoms with Gasteiger partial charge in [0, 0.05) is 6.20 Å². The molecule has 70 valence electrons. The third-order valence-corrected chi connectivity index (χ3v) is 1.56. The van der Waals surface area contributed by atoms with Crippen LogP contribution in [-0.2, 0) is 4.79 Å². The molecule has 0 spiro atoms. The second kappa shape index (κ2) is 3.38. The highest BCUT2D eigenvalue weighted by atomic mass is 16.4. The molecular formula is C8H11N3O2. The molecule has 0 radical (unpaired) electrons. The lowest BCUT2D eigenvalue weighted by molar-refractivity contribution is -0.141. The van der Waals surface area contributed by atoms with Gasteiger partial charge in [0.25, 0.3) is 0 Å². The zero-order chi connectivity index (χ0) is 9.90. The van der Waals surface area contributed by atoms with Crippen LogP contribution in [-0.4, -0.2) is 26.6 Å². The molecule has 0 saturated carbocycles. The number of nitrogens with zero attached hydrogens (tertiary/aromatic N) is 2. The number of nitrogens with one attached hydrogen (secondary N) is 1. The Morgan fingerprint density at radius 3 is 2.77 bits per heavy atom. The number of hydrogen-bond acceptors (Lipinski definition) is 4. The summed E-state index contributed by atoms with van der Waals surface area (Å²) in [5.41, 5.74) is -1.02. The van der Waals surface area contributed by atoms with E-state index in [-0.39, 0.29) is 0 Å². The van der Waals surface area contributed by atoms with Gasteiger partial charge < -0.3 is 10.4 Å². The monoisotopic (exact) mass is 181 g/mol. The van der Waals surface area contributed by atoms with Crippen molar-refractivity contribution in [2.75, 3.05) is 5.32 Å². The van der Waals surface area contributed by atoms with Gasteiger partial charge in [0.2, 0.25) is 0 Å². The fraction of sp³-hybridized carbons (Fsp3) is 0.375. The van der Waals surface area contributed by atoms with E-state index in [4.69, 9.17) is 5.11 Å². The van der Waals surface area contributed by atoms with Crippen LogP contribution >= 0.6 is 0 Å². The molecule has 0 bridgehead atoms. The topological polar surface area (TPSA) is 75.1 Å². The summed E-state index contributed by atoms with van der Waals surface area (Å²) >= 11 is 0. The molecule has 5 heteroatoms. The second-order valence-corrected chi connectivity index (χ2v) is 3.15. The summed E-state index contributed by atoms with van der Waals surface area (Å²) in [4.78, 5) is 18.3. The minimum Gasteiger partial charge on any atom is -0.480 e. The molecule has 5 nitrogen and oxygen atoms in total. The first-order chi connectivity index (χ1) is 6.02. The van der Waals surface area contributed by atoms with Crippen LogP contribution in [0.1, 0.15) is 13.8 Å². The average Bonchev–Trinajstić information content (AvgIpc) is 2.05. The molecule has 0 aromatic carbocycles. The van der Waals surface area contributed by atoms with Gasteiger partial charge in [-0.05, 0) is 19.9 Å². The van der Waals surface area contributed by atoms with Crippen LogP contribution < -0.4 is 5.32 Å². The highest BCUT2D eigenvalue weighted by Gasteiger charge is 2.26. The highest BCUT2D eigenvalue weighted by molar-refractivity contribution is 5.81. The molecule has 0 fully saturated rings. The molecule has 1 aromatic heterocycles. The van der Waals surface area contributed by atoms with Gasteiger partial charge >= 0.3 is 5.97 Å². The predicted molar refractivity (Wildman–Crippen MR) is 47.4 cm³/mol. The van der Waals surface area contributed by atoms with Gasteiger partial charge in [-0.2, -0.15) is 0 Å². The molecule has 0 unspecified atom stereocenters. The Labute approximate surface area is 75.8 Å². The van der Waals surface area contributed by atoms with Crippen molar-refractivity contribution in [3.8, 4) is 0 Å². The Morgan fingerprint density at radius 2 is 2.31 bits per heavy atom. The normalized spacial score (nSPS) is 10.9. The molecule has 13 heavy (non-hydrogen) atoms. The number of aromatic nitrogens is 2. The van der Waals surface area contributed by atoms with Crippen LogP contribution in [0.15, 0.2) is 18.6 Å². The van der Waals surface area contributed by atoms with Gasteiger partial charge in [-0.3, -0.25) is 0 Å². The summed E-state index contributed by atoms with van der Waals surface area (Å²) in [7, 11) is 0. The van der Waals surface area contributed by atoms with Crippen molar-refractivity contribution in [3.05, 3.63) is 18.6 Å². The van der Waals surface area contributed by atoms with Gasteiger partial charge in [0.05, 0.1) is 0 Å². The van der Waals surface area contributed by atoms with Crippen LogP contribution in [0.2, 0.25) is 0 Å². The molecule has 0 atom stereocenters. The predicted octanol–water partition coefficient (Wildman–Crippen LogP) is 0.752. The van der Waals surface area contributed by atoms with Crippen LogP contribution in [0.5, 0.6) is 0 Å². The Kier molecular flexibility index (Phi) is 2.46. The molecule has 0 aliphatic heterocycles. The van der Waals surface area contributed by atoms with E-state index in [1.54, 1.807) is 26.1 Å². The van der Waals surface area contributed by atoms with Crippen LogP contribution in [0, 0.1) is 0 Å². The smallest absolute Gasteiger partial charge is 0.328 e. The maximum atomic E-state index is 10.7. The Morgan fingerprint density at radius 1 is 1.62 bits per heavy atom. The van der Waals surface area contributed by atoms with E-state index in [1.807, 2.05) is 0 Å². The molecule has 0 saturated heterocycles. The lowest BCUT2D eigenvalue weighted by Gasteiger charge is -2.21. The first-order valence-corrected chi connectivity index (χ1v) is 3.80. The van der Waals surface area contributed by atoms with Crippen LogP contribution in [0.4, 0.5) is 5.82 Å². The van der Waals surface area contributed by atoms with E-state index in [1.165, 1.54) is 6.33 Å². The first-order valence-electron chi connectivity index (χ1n) is 3.80. The molecule has 1 rings (SSSR count). The van der Waals surface area contributed by atoms with E-state index >= 15 is 0 Å². The van der Waals surface area contributed by atoms with Gasteiger partial charge in [-0.25, -0.2) is 14.8 Å². The number of aliphatic carboxylic acids is 1. The molecular weight excluding hydrogens is 170 g/mol. The first kappa shape index (κ1) is 9.44. The van der Waals surface area contributed by atoms with E-state index < -0.39 is 11.5 Å². The lowest BCUT2D eigenvalue weighted by Crippen LogP contribution is -2.40. The largest absolute Gasteiger partial charge is 0.480 e. The van der Waals surface area contributed by atoms with Crippen molar-refractivity contribution in [1.82, 2.24) is 9.97 Å². The van der Waals surface area contributed by atoms with E-state index in [0.29, 0.717) is 5.82 Å². The summed E-state index contributed by atoms with van der Waals surface area (Å²) in [6, 6.07) is 1.62. The third-order valence-electron chi connectivity index (χ3n) is 1.56. The number of carbonyl (C=O) groups is 1. The molecule has 1 heterocycles. The Bertz CT molecular complexity index is 298. The minimum absolute atomic E-state index is 0.502. The highest BCUT2D eigenvalue weighted by Crippen LogP contribution is 2.10. The summed E-state index contributed by atoms with van der Waals surface area (Å²) < 4.78 is 0. The van der Waals surface area contributed by atoms with E-state index in [0.717, 1.165) is 0 Å². The number of hydrogen-bond donors (Lipinski definition) is 2. The Hall–Kier alpha value is -1.65. The average molecular weight is 181 g/mol. The van der Waals surface area contributed by atoms with Crippen LogP contribution in [0.3, 0.4) is 0 Å². The molecule has 0 aliphatic carbocycles. The van der Waals surface area contributed by atoms with Crippen molar-refractivity contribution in [1.29, 1.82) is 0 Å². The Balaban J connectivity index is 2.75. The minimum atomic E-state index is -1.02. The van der Waals surface area contributed by atoms with Gasteiger partial charge in [-0.1, -0.05) is 0 Å². The van der Waals surface area contributed by atoms with Crippen molar-refractivity contribution >= 4 is 11.8 Å². The lowest BCUT2D eigenvalue weighted by atomic mass is 10.1. The quantitative estimate of drug-likeness (QED) is 0.719. The zero-order valence-corrected chi connectivity index (χ0v) is 7.48. The van der Waals surface area contributed by atoms with Crippen molar-refractivity contribution in [3.63, 3.8) is 0 Å². The van der Waals surface area contributed by atoms with Crippen molar-refractivity contribution in [2.24, 2.45) is 0 Å². The molecule has 1 aromatic rings. The maximum Gasteiger partial charge on any atom is 0.328 e. The standard InChI is InChI=1S/C8H11N3O2/c1-8(2,7(12)13)11-6-3-4-9-5-10-6/h3-5H,1-2H3,(H,12,13)(H,9,10,11). The second-order valence-electron chi connectivity index (χ2n) is 3.15. The van der Waals surface area contributed by atoms with Gasteiger partial charge in [-0.15, -0.1) is 0 Å². The van der Waals surface area contributed by atoms with Gasteiger partial charge in [0.1, 0.15) is 17.7 Å². The summed E-state index contributed by atoms with van der Waals surface area (Å²) in [6.07, 6.45) is 2.91. The fourth-order valence-electron chi connectivity index (χ4n) is 0.738. The summed E-state index contributed by atoms with van der Waals surface area (Å²) in [5.74, 6) is -0.423.